The first kappa shape index (κ1) is 15.8. The summed E-state index contributed by atoms with van der Waals surface area (Å²) in [7, 11) is 1.29. The second-order valence-corrected chi connectivity index (χ2v) is 6.47. The molecule has 1 aromatic carbocycles. The van der Waals surface area contributed by atoms with Gasteiger partial charge in [0.15, 0.2) is 11.4 Å². The first-order chi connectivity index (χ1) is 11.1. The molecule has 0 radical (unpaired) electrons. The fraction of sp³-hybridized carbons (Fsp3) is 0.474. The lowest BCUT2D eigenvalue weighted by molar-refractivity contribution is 0.0590. The summed E-state index contributed by atoms with van der Waals surface area (Å²) in [6.45, 7) is 1.86. The van der Waals surface area contributed by atoms with E-state index in [1.54, 1.807) is 0 Å². The smallest absolute Gasteiger partial charge is 0.360 e. The van der Waals surface area contributed by atoms with Crippen LogP contribution in [0.2, 0.25) is 0 Å². The van der Waals surface area contributed by atoms with E-state index in [4.69, 9.17) is 0 Å². The maximum Gasteiger partial charge on any atom is 0.360 e. The zero-order valence-electron chi connectivity index (χ0n) is 13.8. The minimum absolute atomic E-state index is 0.0162. The Morgan fingerprint density at radius 3 is 2.70 bits per heavy atom. The summed E-state index contributed by atoms with van der Waals surface area (Å²) in [6, 6.07) is 6.05. The highest BCUT2D eigenvalue weighted by molar-refractivity contribution is 6.00. The number of hydrogen-bond acceptors (Lipinski definition) is 4. The largest absolute Gasteiger partial charge is 0.505 e. The van der Waals surface area contributed by atoms with Gasteiger partial charge in [-0.2, -0.15) is 0 Å². The molecule has 1 N–H and O–H groups in total. The fourth-order valence-electron chi connectivity index (χ4n) is 3.60. The number of ether oxygens (including phenoxy) is 1. The molecule has 122 valence electrons. The number of nitrogens with zero attached hydrogens (tertiary/aromatic N) is 1. The number of carbonyl (C=O) groups excluding carboxylic acids is 1. The molecule has 4 nitrogen and oxygen atoms in total. The zero-order valence-corrected chi connectivity index (χ0v) is 13.8. The molecule has 0 spiro atoms. The van der Waals surface area contributed by atoms with Gasteiger partial charge in [0.2, 0.25) is 0 Å². The number of fused-ring (bicyclic) bond motifs is 1. The van der Waals surface area contributed by atoms with Gasteiger partial charge in [0.1, 0.15) is 0 Å². The molecule has 1 aliphatic carbocycles. The molecule has 23 heavy (non-hydrogen) atoms. The van der Waals surface area contributed by atoms with E-state index in [2.05, 4.69) is 21.9 Å². The lowest BCUT2D eigenvalue weighted by Crippen LogP contribution is -2.09. The molecule has 0 bridgehead atoms. The number of aromatic nitrogens is 1. The van der Waals surface area contributed by atoms with Crippen molar-refractivity contribution in [3.05, 3.63) is 35.2 Å². The van der Waals surface area contributed by atoms with Gasteiger partial charge in [-0.15, -0.1) is 0 Å². The Kier molecular flexibility index (Phi) is 4.51. The van der Waals surface area contributed by atoms with Crippen LogP contribution >= 0.6 is 0 Å². The summed E-state index contributed by atoms with van der Waals surface area (Å²) in [5.74, 6) is 0.0536. The van der Waals surface area contributed by atoms with Crippen LogP contribution in [-0.2, 0) is 11.2 Å². The Hall–Kier alpha value is -2.10. The Bertz CT molecular complexity index is 733. The maximum atomic E-state index is 11.7. The summed E-state index contributed by atoms with van der Waals surface area (Å²) < 4.78 is 4.68. The fourth-order valence-corrected chi connectivity index (χ4v) is 3.60. The minimum Gasteiger partial charge on any atom is -0.505 e. The normalized spacial score (nSPS) is 15.7. The molecule has 1 aromatic heterocycles. The summed E-state index contributed by atoms with van der Waals surface area (Å²) >= 11 is 0. The van der Waals surface area contributed by atoms with Gasteiger partial charge in [0.25, 0.3) is 0 Å². The van der Waals surface area contributed by atoms with Gasteiger partial charge >= 0.3 is 5.97 Å². The van der Waals surface area contributed by atoms with Gasteiger partial charge in [-0.05, 0) is 30.9 Å². The van der Waals surface area contributed by atoms with Gasteiger partial charge in [-0.1, -0.05) is 44.2 Å². The zero-order chi connectivity index (χ0) is 16.4. The molecule has 1 fully saturated rings. The third-order valence-electron chi connectivity index (χ3n) is 4.86. The molecule has 4 heteroatoms. The van der Waals surface area contributed by atoms with Crippen molar-refractivity contribution < 1.29 is 14.6 Å². The van der Waals surface area contributed by atoms with Crippen molar-refractivity contribution in [1.82, 2.24) is 4.98 Å². The molecule has 0 atom stereocenters. The van der Waals surface area contributed by atoms with Gasteiger partial charge < -0.3 is 9.84 Å². The van der Waals surface area contributed by atoms with E-state index in [1.807, 2.05) is 13.0 Å². The third-order valence-corrected chi connectivity index (χ3v) is 4.86. The number of rotatable bonds is 3. The van der Waals surface area contributed by atoms with E-state index in [1.165, 1.54) is 44.8 Å². The van der Waals surface area contributed by atoms with E-state index in [0.717, 1.165) is 23.4 Å². The van der Waals surface area contributed by atoms with Crippen LogP contribution in [0, 0.1) is 12.8 Å². The molecule has 0 amide bonds. The molecule has 1 heterocycles. The lowest BCUT2D eigenvalue weighted by Gasteiger charge is -2.21. The number of aryl methyl sites for hydroxylation is 1. The second kappa shape index (κ2) is 6.57. The molecule has 3 rings (SSSR count). The number of methoxy groups -OCH3 is 1. The van der Waals surface area contributed by atoms with Crippen LogP contribution in [0.25, 0.3) is 10.8 Å². The number of carbonyl (C=O) groups is 1. The molecule has 1 saturated carbocycles. The molecular formula is C19H23NO3. The van der Waals surface area contributed by atoms with Gasteiger partial charge in [-0.3, -0.25) is 0 Å². The van der Waals surface area contributed by atoms with E-state index < -0.39 is 5.97 Å². The molecule has 2 aromatic rings. The van der Waals surface area contributed by atoms with E-state index >= 15 is 0 Å². The topological polar surface area (TPSA) is 59.4 Å². The number of aromatic hydroxyl groups is 1. The molecular weight excluding hydrogens is 290 g/mol. The van der Waals surface area contributed by atoms with E-state index in [0.29, 0.717) is 5.39 Å². The summed E-state index contributed by atoms with van der Waals surface area (Å²) in [5.41, 5.74) is 2.00. The predicted octanol–water partition coefficient (Wildman–Crippen LogP) is 4.16. The summed E-state index contributed by atoms with van der Waals surface area (Å²) in [6.07, 6.45) is 7.73. The van der Waals surface area contributed by atoms with Crippen LogP contribution in [0.4, 0.5) is 0 Å². The van der Waals surface area contributed by atoms with Gasteiger partial charge in [-0.25, -0.2) is 9.78 Å². The molecule has 0 unspecified atom stereocenters. The highest BCUT2D eigenvalue weighted by atomic mass is 16.5. The maximum absolute atomic E-state index is 11.7. The number of hydrogen-bond donors (Lipinski definition) is 1. The van der Waals surface area contributed by atoms with Crippen molar-refractivity contribution in [2.45, 2.75) is 45.4 Å². The highest BCUT2D eigenvalue weighted by Gasteiger charge is 2.19. The lowest BCUT2D eigenvalue weighted by atomic mass is 9.84. The van der Waals surface area contributed by atoms with Crippen LogP contribution in [0.5, 0.6) is 5.75 Å². The van der Waals surface area contributed by atoms with Gasteiger partial charge in [0.05, 0.1) is 7.11 Å². The van der Waals surface area contributed by atoms with Gasteiger partial charge in [0, 0.05) is 16.5 Å². The van der Waals surface area contributed by atoms with E-state index in [9.17, 15) is 9.90 Å². The Morgan fingerprint density at radius 2 is 2.00 bits per heavy atom. The van der Waals surface area contributed by atoms with Crippen molar-refractivity contribution in [2.75, 3.05) is 7.11 Å². The first-order valence-electron chi connectivity index (χ1n) is 8.30. The number of pyridine rings is 1. The number of esters is 1. The molecule has 0 saturated heterocycles. The Labute approximate surface area is 136 Å². The average Bonchev–Trinajstić information content (AvgIpc) is 2.58. The Morgan fingerprint density at radius 1 is 1.26 bits per heavy atom. The quantitative estimate of drug-likeness (QED) is 0.864. The second-order valence-electron chi connectivity index (χ2n) is 6.47. The van der Waals surface area contributed by atoms with E-state index in [-0.39, 0.29) is 11.4 Å². The van der Waals surface area contributed by atoms with Crippen LogP contribution in [0.3, 0.4) is 0 Å². The van der Waals surface area contributed by atoms with Crippen LogP contribution in [0.15, 0.2) is 18.2 Å². The summed E-state index contributed by atoms with van der Waals surface area (Å²) in [4.78, 5) is 16.0. The minimum atomic E-state index is -0.612. The predicted molar refractivity (Wildman–Crippen MR) is 89.8 cm³/mol. The van der Waals surface area contributed by atoms with Crippen molar-refractivity contribution >= 4 is 16.7 Å². The first-order valence-corrected chi connectivity index (χ1v) is 8.30. The molecule has 0 aliphatic heterocycles. The summed E-state index contributed by atoms with van der Waals surface area (Å²) in [5, 5.41) is 11.9. The van der Waals surface area contributed by atoms with Crippen molar-refractivity contribution in [2.24, 2.45) is 5.92 Å². The van der Waals surface area contributed by atoms with Crippen molar-refractivity contribution in [3.63, 3.8) is 0 Å². The average molecular weight is 313 g/mol. The third kappa shape index (κ3) is 3.16. The highest BCUT2D eigenvalue weighted by Crippen LogP contribution is 2.32. The van der Waals surface area contributed by atoms with Crippen molar-refractivity contribution in [3.8, 4) is 5.75 Å². The standard InChI is InChI=1S/C19H23NO3/c1-12-16-11-14(10-13-6-4-3-5-7-13)8-9-15(16)18(21)17(20-12)19(22)23-2/h8-9,11,13,21H,3-7,10H2,1-2H3. The monoisotopic (exact) mass is 313 g/mol. The van der Waals surface area contributed by atoms with Crippen LogP contribution in [0.1, 0.15) is 53.8 Å². The van der Waals surface area contributed by atoms with Crippen molar-refractivity contribution in [1.29, 1.82) is 0 Å². The number of benzene rings is 1. The SMILES string of the molecule is COC(=O)c1nc(C)c2cc(CC3CCCCC3)ccc2c1O. The van der Waals surface area contributed by atoms with Crippen LogP contribution in [-0.4, -0.2) is 23.2 Å². The Balaban J connectivity index is 1.96. The van der Waals surface area contributed by atoms with Crippen LogP contribution < -0.4 is 0 Å². The molecule has 1 aliphatic rings.